The molecule has 6 nitrogen and oxygen atoms in total. The van der Waals surface area contributed by atoms with E-state index in [9.17, 15) is 4.79 Å². The molecule has 2 unspecified atom stereocenters. The van der Waals surface area contributed by atoms with Crippen molar-refractivity contribution in [3.05, 3.63) is 17.7 Å². The third kappa shape index (κ3) is 2.54. The fourth-order valence-corrected chi connectivity index (χ4v) is 2.49. The number of aliphatic imine (C=N–C) groups is 1. The van der Waals surface area contributed by atoms with Crippen molar-refractivity contribution in [3.63, 3.8) is 0 Å². The highest BCUT2D eigenvalue weighted by atomic mass is 16.5. The first-order chi connectivity index (χ1) is 10.6. The summed E-state index contributed by atoms with van der Waals surface area (Å²) in [6.45, 7) is 4.82. The number of rotatable bonds is 4. The maximum atomic E-state index is 12.6. The van der Waals surface area contributed by atoms with Gasteiger partial charge in [0, 0.05) is 12.3 Å². The molecule has 1 fully saturated rings. The molecule has 0 spiro atoms. The van der Waals surface area contributed by atoms with Crippen LogP contribution in [-0.4, -0.2) is 49.6 Å². The monoisotopic (exact) mass is 304 g/mol. The molecule has 3 rings (SSSR count). The molecule has 2 atom stereocenters. The van der Waals surface area contributed by atoms with Crippen molar-refractivity contribution in [2.75, 3.05) is 20.4 Å². The van der Waals surface area contributed by atoms with Gasteiger partial charge < -0.3 is 19.1 Å². The highest BCUT2D eigenvalue weighted by molar-refractivity contribution is 6.03. The van der Waals surface area contributed by atoms with Crippen molar-refractivity contribution < 1.29 is 19.0 Å². The summed E-state index contributed by atoms with van der Waals surface area (Å²) in [5.41, 5.74) is 1.12. The molecule has 0 radical (unpaired) electrons. The van der Waals surface area contributed by atoms with Crippen molar-refractivity contribution in [1.29, 1.82) is 0 Å². The van der Waals surface area contributed by atoms with Gasteiger partial charge in [0.2, 0.25) is 0 Å². The summed E-state index contributed by atoms with van der Waals surface area (Å²) in [6.07, 6.45) is 2.71. The Morgan fingerprint density at radius 3 is 3.00 bits per heavy atom. The lowest BCUT2D eigenvalue weighted by molar-refractivity contribution is 0.0684. The SMILES string of the molecule is CCC(C)Oc1cc2c(cc1OC)C(=O)N1COCC1C=N2. The molecule has 118 valence electrons. The van der Waals surface area contributed by atoms with Crippen molar-refractivity contribution in [3.8, 4) is 11.5 Å². The quantitative estimate of drug-likeness (QED) is 0.857. The van der Waals surface area contributed by atoms with Crippen molar-refractivity contribution >= 4 is 17.8 Å². The van der Waals surface area contributed by atoms with Crippen LogP contribution in [0.4, 0.5) is 5.69 Å². The summed E-state index contributed by atoms with van der Waals surface area (Å²) in [5.74, 6) is 1.06. The highest BCUT2D eigenvalue weighted by Gasteiger charge is 2.33. The van der Waals surface area contributed by atoms with Gasteiger partial charge in [0.15, 0.2) is 11.5 Å². The van der Waals surface area contributed by atoms with Gasteiger partial charge in [-0.2, -0.15) is 0 Å². The lowest BCUT2D eigenvalue weighted by Gasteiger charge is -2.19. The fraction of sp³-hybridized carbons (Fsp3) is 0.500. The van der Waals surface area contributed by atoms with E-state index in [0.29, 0.717) is 36.1 Å². The Labute approximate surface area is 129 Å². The second-order valence-electron chi connectivity index (χ2n) is 5.48. The van der Waals surface area contributed by atoms with Crippen molar-refractivity contribution in [1.82, 2.24) is 4.90 Å². The Morgan fingerprint density at radius 1 is 1.45 bits per heavy atom. The minimum atomic E-state index is -0.107. The number of carbonyl (C=O) groups excluding carboxylic acids is 1. The fourth-order valence-electron chi connectivity index (χ4n) is 2.49. The van der Waals surface area contributed by atoms with Crippen LogP contribution in [0.15, 0.2) is 17.1 Å². The first-order valence-electron chi connectivity index (χ1n) is 7.45. The van der Waals surface area contributed by atoms with E-state index in [0.717, 1.165) is 6.42 Å². The molecule has 2 aliphatic rings. The van der Waals surface area contributed by atoms with Crippen LogP contribution < -0.4 is 9.47 Å². The van der Waals surface area contributed by atoms with E-state index in [1.54, 1.807) is 30.4 Å². The average Bonchev–Trinajstić information content (AvgIpc) is 2.96. The summed E-state index contributed by atoms with van der Waals surface area (Å²) in [7, 11) is 1.57. The molecule has 2 heterocycles. The van der Waals surface area contributed by atoms with Crippen LogP contribution >= 0.6 is 0 Å². The topological polar surface area (TPSA) is 60.4 Å². The minimum absolute atomic E-state index is 0.0638. The lowest BCUT2D eigenvalue weighted by Crippen LogP contribution is -2.36. The molecule has 2 aliphatic heterocycles. The van der Waals surface area contributed by atoms with E-state index in [1.807, 2.05) is 6.92 Å². The van der Waals surface area contributed by atoms with E-state index in [-0.39, 0.29) is 18.1 Å². The summed E-state index contributed by atoms with van der Waals surface area (Å²) in [4.78, 5) is 18.8. The largest absolute Gasteiger partial charge is 0.493 e. The zero-order valence-electron chi connectivity index (χ0n) is 13.0. The molecule has 1 aromatic carbocycles. The average molecular weight is 304 g/mol. The molecule has 0 bridgehead atoms. The number of hydrogen-bond donors (Lipinski definition) is 0. The van der Waals surface area contributed by atoms with Crippen LogP contribution in [0.5, 0.6) is 11.5 Å². The molecule has 1 amide bonds. The number of methoxy groups -OCH3 is 1. The van der Waals surface area contributed by atoms with E-state index >= 15 is 0 Å². The van der Waals surface area contributed by atoms with Crippen LogP contribution in [0.3, 0.4) is 0 Å². The van der Waals surface area contributed by atoms with Crippen LogP contribution in [-0.2, 0) is 4.74 Å². The number of fused-ring (bicyclic) bond motifs is 2. The number of carbonyl (C=O) groups is 1. The number of hydrogen-bond acceptors (Lipinski definition) is 5. The van der Waals surface area contributed by atoms with Gasteiger partial charge in [-0.1, -0.05) is 6.92 Å². The van der Waals surface area contributed by atoms with Gasteiger partial charge in [-0.25, -0.2) is 0 Å². The normalized spacial score (nSPS) is 21.1. The standard InChI is InChI=1S/C16H20N2O4/c1-4-10(2)22-15-6-13-12(5-14(15)20-3)16(19)18-9-21-8-11(18)7-17-13/h5-7,10-11H,4,8-9H2,1-3H3. The van der Waals surface area contributed by atoms with Gasteiger partial charge in [0.05, 0.1) is 37.1 Å². The molecule has 22 heavy (non-hydrogen) atoms. The Morgan fingerprint density at radius 2 is 2.27 bits per heavy atom. The van der Waals surface area contributed by atoms with E-state index in [4.69, 9.17) is 14.2 Å². The minimum Gasteiger partial charge on any atom is -0.493 e. The van der Waals surface area contributed by atoms with Crippen LogP contribution in [0.2, 0.25) is 0 Å². The zero-order valence-corrected chi connectivity index (χ0v) is 13.0. The predicted octanol–water partition coefficient (Wildman–Crippen LogP) is 2.39. The van der Waals surface area contributed by atoms with Gasteiger partial charge in [-0.15, -0.1) is 0 Å². The zero-order chi connectivity index (χ0) is 15.7. The number of benzene rings is 1. The van der Waals surface area contributed by atoms with E-state index in [1.165, 1.54) is 0 Å². The third-order valence-electron chi connectivity index (χ3n) is 3.98. The molecule has 0 aromatic heterocycles. The summed E-state index contributed by atoms with van der Waals surface area (Å²) >= 11 is 0. The number of nitrogens with zero attached hydrogens (tertiary/aromatic N) is 2. The second-order valence-corrected chi connectivity index (χ2v) is 5.48. The van der Waals surface area contributed by atoms with E-state index < -0.39 is 0 Å². The lowest BCUT2D eigenvalue weighted by atomic mass is 10.1. The summed E-state index contributed by atoms with van der Waals surface area (Å²) < 4.78 is 16.6. The molecule has 1 saturated heterocycles. The van der Waals surface area contributed by atoms with E-state index in [2.05, 4.69) is 11.9 Å². The molecular weight excluding hydrogens is 284 g/mol. The molecular formula is C16H20N2O4. The molecule has 0 saturated carbocycles. The Balaban J connectivity index is 2.02. The maximum Gasteiger partial charge on any atom is 0.258 e. The van der Waals surface area contributed by atoms with Gasteiger partial charge in [0.1, 0.15) is 6.73 Å². The van der Waals surface area contributed by atoms with Gasteiger partial charge in [-0.3, -0.25) is 9.79 Å². The van der Waals surface area contributed by atoms with Gasteiger partial charge >= 0.3 is 0 Å². The van der Waals surface area contributed by atoms with Crippen molar-refractivity contribution in [2.45, 2.75) is 32.4 Å². The van der Waals surface area contributed by atoms with Crippen LogP contribution in [0.25, 0.3) is 0 Å². The smallest absolute Gasteiger partial charge is 0.258 e. The Kier molecular flexibility index (Phi) is 4.02. The molecule has 1 aromatic rings. The molecule has 0 aliphatic carbocycles. The van der Waals surface area contributed by atoms with Gasteiger partial charge in [-0.05, 0) is 19.4 Å². The summed E-state index contributed by atoms with van der Waals surface area (Å²) in [6, 6.07) is 3.37. The van der Waals surface area contributed by atoms with Gasteiger partial charge in [0.25, 0.3) is 5.91 Å². The second kappa shape index (κ2) is 5.96. The van der Waals surface area contributed by atoms with Crippen molar-refractivity contribution in [2.24, 2.45) is 4.99 Å². The number of ether oxygens (including phenoxy) is 3. The van der Waals surface area contributed by atoms with Crippen LogP contribution in [0, 0.1) is 0 Å². The Bertz CT molecular complexity index is 614. The number of amides is 1. The predicted molar refractivity (Wildman–Crippen MR) is 82.3 cm³/mol. The summed E-state index contributed by atoms with van der Waals surface area (Å²) in [5, 5.41) is 0. The third-order valence-corrected chi connectivity index (χ3v) is 3.98. The highest BCUT2D eigenvalue weighted by Crippen LogP contribution is 2.38. The molecule has 6 heteroatoms. The molecule has 0 N–H and O–H groups in total. The first kappa shape index (κ1) is 14.8. The Hall–Kier alpha value is -2.08. The maximum absolute atomic E-state index is 12.6. The first-order valence-corrected chi connectivity index (χ1v) is 7.45. The van der Waals surface area contributed by atoms with Crippen LogP contribution in [0.1, 0.15) is 30.6 Å².